The Morgan fingerprint density at radius 1 is 1.14 bits per heavy atom. The minimum absolute atomic E-state index is 0.135. The van der Waals surface area contributed by atoms with Crippen molar-refractivity contribution in [2.45, 2.75) is 6.54 Å². The number of likely N-dealkylation sites (N-methyl/N-ethyl adjacent to an activating group) is 1. The van der Waals surface area contributed by atoms with Crippen molar-refractivity contribution in [1.82, 2.24) is 9.88 Å². The molecule has 0 bridgehead atoms. The number of methoxy groups -OCH3 is 1. The summed E-state index contributed by atoms with van der Waals surface area (Å²) in [4.78, 5) is 30.2. The fraction of sp³-hybridized carbons (Fsp3) is 0.190. The third kappa shape index (κ3) is 4.25. The lowest BCUT2D eigenvalue weighted by Crippen LogP contribution is -2.30. The second-order valence-electron chi connectivity index (χ2n) is 6.17. The molecule has 0 spiro atoms. The lowest BCUT2D eigenvalue weighted by Gasteiger charge is -2.17. The molecule has 2 aromatic carbocycles. The number of carbonyl (C=O) groups excluding carboxylic acids is 2. The van der Waals surface area contributed by atoms with Crippen molar-refractivity contribution >= 4 is 22.8 Å². The lowest BCUT2D eigenvalue weighted by atomic mass is 10.1. The molecule has 0 fully saturated rings. The number of fused-ring (bicyclic) bond motifs is 1. The highest BCUT2D eigenvalue weighted by Gasteiger charge is 2.16. The Morgan fingerprint density at radius 3 is 2.71 bits per heavy atom. The van der Waals surface area contributed by atoms with E-state index in [0.717, 1.165) is 0 Å². The van der Waals surface area contributed by atoms with E-state index in [-0.39, 0.29) is 12.3 Å². The first-order valence-corrected chi connectivity index (χ1v) is 8.57. The van der Waals surface area contributed by atoms with Gasteiger partial charge < -0.3 is 14.4 Å². The van der Waals surface area contributed by atoms with Crippen LogP contribution in [0.4, 0.5) is 4.39 Å². The molecule has 0 aliphatic carbocycles. The van der Waals surface area contributed by atoms with Gasteiger partial charge in [-0.3, -0.25) is 9.78 Å². The van der Waals surface area contributed by atoms with Crippen molar-refractivity contribution in [3.63, 3.8) is 0 Å². The van der Waals surface area contributed by atoms with Crippen LogP contribution in [0, 0.1) is 5.82 Å². The van der Waals surface area contributed by atoms with Crippen LogP contribution in [0.3, 0.4) is 0 Å². The molecule has 0 atom stereocenters. The first-order valence-electron chi connectivity index (χ1n) is 8.57. The molecule has 0 saturated carbocycles. The van der Waals surface area contributed by atoms with Gasteiger partial charge in [0.25, 0.3) is 5.91 Å². The third-order valence-corrected chi connectivity index (χ3v) is 4.25. The molecule has 0 aliphatic rings. The molecule has 0 aliphatic heterocycles. The molecule has 3 rings (SSSR count). The van der Waals surface area contributed by atoms with Crippen molar-refractivity contribution < 1.29 is 23.5 Å². The third-order valence-electron chi connectivity index (χ3n) is 4.25. The van der Waals surface area contributed by atoms with Gasteiger partial charge in [0.15, 0.2) is 18.2 Å². The molecule has 28 heavy (non-hydrogen) atoms. The average Bonchev–Trinajstić information content (AvgIpc) is 2.71. The fourth-order valence-electron chi connectivity index (χ4n) is 2.77. The lowest BCUT2D eigenvalue weighted by molar-refractivity contribution is -0.133. The molecule has 144 valence electrons. The van der Waals surface area contributed by atoms with E-state index in [2.05, 4.69) is 4.98 Å². The fourth-order valence-corrected chi connectivity index (χ4v) is 2.77. The molecule has 1 heterocycles. The zero-order valence-corrected chi connectivity index (χ0v) is 15.5. The molecule has 0 unspecified atom stereocenters. The van der Waals surface area contributed by atoms with Crippen molar-refractivity contribution in [2.75, 3.05) is 20.8 Å². The number of ether oxygens (including phenoxy) is 2. The number of carbonyl (C=O) groups is 2. The van der Waals surface area contributed by atoms with E-state index >= 15 is 0 Å². The summed E-state index contributed by atoms with van der Waals surface area (Å²) in [5.41, 5.74) is 1.61. The van der Waals surface area contributed by atoms with E-state index in [1.807, 2.05) is 0 Å². The van der Waals surface area contributed by atoms with Gasteiger partial charge in [-0.1, -0.05) is 18.2 Å². The Morgan fingerprint density at radius 2 is 1.96 bits per heavy atom. The minimum atomic E-state index is -0.601. The van der Waals surface area contributed by atoms with Crippen LogP contribution in [-0.2, 0) is 16.1 Å². The number of pyridine rings is 1. The number of benzene rings is 2. The summed E-state index contributed by atoms with van der Waals surface area (Å²) in [6, 6.07) is 13.1. The second kappa shape index (κ2) is 8.47. The van der Waals surface area contributed by atoms with E-state index in [1.165, 1.54) is 24.1 Å². The molecule has 6 nitrogen and oxygen atoms in total. The van der Waals surface area contributed by atoms with E-state index in [4.69, 9.17) is 9.47 Å². The second-order valence-corrected chi connectivity index (χ2v) is 6.17. The predicted octanol–water partition coefficient (Wildman–Crippen LogP) is 3.20. The van der Waals surface area contributed by atoms with E-state index in [1.54, 1.807) is 49.6 Å². The Bertz CT molecular complexity index is 1020. The first kappa shape index (κ1) is 19.3. The van der Waals surface area contributed by atoms with Crippen LogP contribution in [0.1, 0.15) is 15.9 Å². The summed E-state index contributed by atoms with van der Waals surface area (Å²) in [5.74, 6) is -1.37. The molecule has 1 aromatic heterocycles. The van der Waals surface area contributed by atoms with E-state index in [0.29, 0.717) is 22.0 Å². The predicted molar refractivity (Wildman–Crippen MR) is 101 cm³/mol. The zero-order chi connectivity index (χ0) is 20.1. The van der Waals surface area contributed by atoms with Crippen LogP contribution in [0.25, 0.3) is 10.9 Å². The maximum atomic E-state index is 13.8. The molecular weight excluding hydrogens is 363 g/mol. The topological polar surface area (TPSA) is 68.7 Å². The summed E-state index contributed by atoms with van der Waals surface area (Å²) >= 11 is 0. The van der Waals surface area contributed by atoms with Crippen LogP contribution < -0.4 is 4.74 Å². The quantitative estimate of drug-likeness (QED) is 0.613. The average molecular weight is 382 g/mol. The molecule has 1 amide bonds. The van der Waals surface area contributed by atoms with Crippen LogP contribution in [-0.4, -0.2) is 42.5 Å². The molecule has 0 radical (unpaired) electrons. The van der Waals surface area contributed by atoms with Crippen LogP contribution in [0.5, 0.6) is 5.75 Å². The zero-order valence-electron chi connectivity index (χ0n) is 15.5. The summed E-state index contributed by atoms with van der Waals surface area (Å²) < 4.78 is 23.8. The molecule has 0 N–H and O–H groups in total. The van der Waals surface area contributed by atoms with E-state index < -0.39 is 24.3 Å². The Labute approximate surface area is 161 Å². The van der Waals surface area contributed by atoms with Gasteiger partial charge in [0.2, 0.25) is 0 Å². The van der Waals surface area contributed by atoms with E-state index in [9.17, 15) is 14.0 Å². The maximum Gasteiger partial charge on any atom is 0.339 e. The van der Waals surface area contributed by atoms with Crippen LogP contribution in [0.15, 0.2) is 54.7 Å². The Balaban J connectivity index is 1.61. The van der Waals surface area contributed by atoms with Gasteiger partial charge in [0.05, 0.1) is 18.2 Å². The normalized spacial score (nSPS) is 10.5. The summed E-state index contributed by atoms with van der Waals surface area (Å²) in [7, 11) is 2.94. The van der Waals surface area contributed by atoms with Crippen molar-refractivity contribution in [1.29, 1.82) is 0 Å². The first-order chi connectivity index (χ1) is 13.5. The monoisotopic (exact) mass is 382 g/mol. The Hall–Kier alpha value is -3.48. The number of hydrogen-bond donors (Lipinski definition) is 0. The number of aromatic nitrogens is 1. The van der Waals surface area contributed by atoms with Crippen LogP contribution >= 0.6 is 0 Å². The van der Waals surface area contributed by atoms with Gasteiger partial charge in [-0.15, -0.1) is 0 Å². The van der Waals surface area contributed by atoms with Gasteiger partial charge in [0, 0.05) is 25.2 Å². The van der Waals surface area contributed by atoms with Crippen molar-refractivity contribution in [2.24, 2.45) is 0 Å². The Kier molecular flexibility index (Phi) is 5.84. The van der Waals surface area contributed by atoms with Crippen LogP contribution in [0.2, 0.25) is 0 Å². The molecular formula is C21H19FN2O4. The number of nitrogens with zero attached hydrogens (tertiary/aromatic N) is 2. The maximum absolute atomic E-state index is 13.8. The minimum Gasteiger partial charge on any atom is -0.494 e. The highest BCUT2D eigenvalue weighted by atomic mass is 19.1. The number of halogens is 1. The molecule has 7 heteroatoms. The largest absolute Gasteiger partial charge is 0.494 e. The smallest absolute Gasteiger partial charge is 0.339 e. The number of rotatable bonds is 6. The SMILES string of the molecule is COc1ccc(CN(C)C(=O)COC(=O)c2cccc3ncccc23)cc1F. The number of esters is 1. The van der Waals surface area contributed by atoms with Gasteiger partial charge in [-0.05, 0) is 35.9 Å². The van der Waals surface area contributed by atoms with Gasteiger partial charge in [-0.25, -0.2) is 9.18 Å². The summed E-state index contributed by atoms with van der Waals surface area (Å²) in [5, 5.41) is 0.657. The summed E-state index contributed by atoms with van der Waals surface area (Å²) in [6.07, 6.45) is 1.64. The van der Waals surface area contributed by atoms with Crippen molar-refractivity contribution in [3.05, 3.63) is 71.7 Å². The van der Waals surface area contributed by atoms with Crippen molar-refractivity contribution in [3.8, 4) is 5.75 Å². The standard InChI is InChI=1S/C21H19FN2O4/c1-24(12-14-8-9-19(27-2)17(22)11-14)20(25)13-28-21(26)16-5-3-7-18-15(16)6-4-10-23-18/h3-11H,12-13H2,1-2H3. The van der Waals surface area contributed by atoms with Gasteiger partial charge >= 0.3 is 5.97 Å². The van der Waals surface area contributed by atoms with Gasteiger partial charge in [0.1, 0.15) is 0 Å². The molecule has 3 aromatic rings. The highest BCUT2D eigenvalue weighted by Crippen LogP contribution is 2.19. The number of hydrogen-bond acceptors (Lipinski definition) is 5. The number of amides is 1. The summed E-state index contributed by atoms with van der Waals surface area (Å²) in [6.45, 7) is -0.236. The van der Waals surface area contributed by atoms with Gasteiger partial charge in [-0.2, -0.15) is 0 Å². The molecule has 0 saturated heterocycles. The highest BCUT2D eigenvalue weighted by molar-refractivity contribution is 6.03.